The molecule has 23 heavy (non-hydrogen) atoms. The first kappa shape index (κ1) is 21.4. The summed E-state index contributed by atoms with van der Waals surface area (Å²) in [4.78, 5) is 31.4. The first-order valence-corrected chi connectivity index (χ1v) is 8.75. The van der Waals surface area contributed by atoms with Crippen LogP contribution >= 0.6 is 0 Å². The molecule has 0 aromatic carbocycles. The highest BCUT2D eigenvalue weighted by Crippen LogP contribution is 2.13. The lowest BCUT2D eigenvalue weighted by atomic mass is 10.0. The Balaban J connectivity index is 3.50. The molecule has 0 aromatic heterocycles. The molecule has 0 aromatic rings. The summed E-state index contributed by atoms with van der Waals surface area (Å²) < 4.78 is 0. The molecule has 0 amide bonds. The van der Waals surface area contributed by atoms with E-state index in [0.717, 1.165) is 12.8 Å². The van der Waals surface area contributed by atoms with Crippen LogP contribution in [0.5, 0.6) is 0 Å². The van der Waals surface area contributed by atoms with E-state index in [1.165, 1.54) is 58.3 Å². The second-order valence-corrected chi connectivity index (χ2v) is 6.06. The Labute approximate surface area is 140 Å². The fraction of sp³-hybridized carbons (Fsp3) is 0.684. The lowest BCUT2D eigenvalue weighted by Crippen LogP contribution is -2.13. The molecule has 0 heterocycles. The van der Waals surface area contributed by atoms with Crippen LogP contribution < -0.4 is 0 Å². The van der Waals surface area contributed by atoms with Gasteiger partial charge in [-0.25, -0.2) is 19.4 Å². The highest BCUT2D eigenvalue weighted by molar-refractivity contribution is 5.90. The topological polar surface area (TPSA) is 52.6 Å². The molecular weight excluding hydrogens is 292 g/mol. The summed E-state index contributed by atoms with van der Waals surface area (Å²) >= 11 is 0. The van der Waals surface area contributed by atoms with Gasteiger partial charge < -0.3 is 0 Å². The molecule has 0 rings (SSSR count). The van der Waals surface area contributed by atoms with Crippen molar-refractivity contribution in [2.45, 2.75) is 84.5 Å². The number of carbonyl (C=O) groups is 2. The minimum atomic E-state index is -0.745. The molecule has 4 heteroatoms. The number of hydrogen-bond acceptors (Lipinski definition) is 4. The molecule has 0 saturated heterocycles. The lowest BCUT2D eigenvalue weighted by Gasteiger charge is -2.05. The zero-order chi connectivity index (χ0) is 17.5. The molecule has 0 unspecified atom stereocenters. The van der Waals surface area contributed by atoms with Gasteiger partial charge in [-0.3, -0.25) is 0 Å². The van der Waals surface area contributed by atoms with Gasteiger partial charge in [0.05, 0.1) is 0 Å². The van der Waals surface area contributed by atoms with Gasteiger partial charge in [0, 0.05) is 11.1 Å². The monoisotopic (exact) mass is 324 g/mol. The van der Waals surface area contributed by atoms with Crippen molar-refractivity contribution < 1.29 is 19.4 Å². The number of unbranched alkanes of at least 4 members (excludes halogenated alkanes) is 9. The summed E-state index contributed by atoms with van der Waals surface area (Å²) in [6.45, 7) is 10.8. The second-order valence-electron chi connectivity index (χ2n) is 6.06. The maximum Gasteiger partial charge on any atom is 0.381 e. The van der Waals surface area contributed by atoms with Crippen LogP contribution in [0.4, 0.5) is 0 Å². The Hall–Kier alpha value is -1.58. The van der Waals surface area contributed by atoms with Crippen molar-refractivity contribution in [3.63, 3.8) is 0 Å². The van der Waals surface area contributed by atoms with Gasteiger partial charge in [-0.05, 0) is 19.8 Å². The zero-order valence-corrected chi connectivity index (χ0v) is 14.8. The average Bonchev–Trinajstić information content (AvgIpc) is 2.53. The Morgan fingerprint density at radius 1 is 0.739 bits per heavy atom. The Morgan fingerprint density at radius 2 is 1.17 bits per heavy atom. The number of rotatable bonds is 13. The fourth-order valence-electron chi connectivity index (χ4n) is 2.13. The Kier molecular flexibility index (Phi) is 13.1. The van der Waals surface area contributed by atoms with Crippen molar-refractivity contribution >= 4 is 11.9 Å². The lowest BCUT2D eigenvalue weighted by molar-refractivity contribution is -0.252. The average molecular weight is 324 g/mol. The van der Waals surface area contributed by atoms with Crippen LogP contribution in [-0.4, -0.2) is 11.9 Å². The van der Waals surface area contributed by atoms with Gasteiger partial charge in [-0.1, -0.05) is 77.9 Å². The summed E-state index contributed by atoms with van der Waals surface area (Å²) in [6, 6.07) is 0. The minimum Gasteiger partial charge on any atom is -0.242 e. The van der Waals surface area contributed by atoms with E-state index in [1.54, 1.807) is 0 Å². The van der Waals surface area contributed by atoms with Crippen LogP contribution in [0.1, 0.15) is 84.5 Å². The molecule has 0 aliphatic heterocycles. The smallest absolute Gasteiger partial charge is 0.242 e. The van der Waals surface area contributed by atoms with Crippen molar-refractivity contribution in [1.29, 1.82) is 0 Å². The minimum absolute atomic E-state index is 0.179. The van der Waals surface area contributed by atoms with Crippen molar-refractivity contribution in [3.05, 3.63) is 24.3 Å². The first-order valence-electron chi connectivity index (χ1n) is 8.75. The van der Waals surface area contributed by atoms with Crippen LogP contribution in [0.15, 0.2) is 24.3 Å². The quantitative estimate of drug-likeness (QED) is 0.196. The molecule has 0 aliphatic carbocycles. The SMILES string of the molecule is C=C(C)C(=O)OOC(=O)C(=C)CCCCCCCCCCCC. The van der Waals surface area contributed by atoms with Gasteiger partial charge in [0.25, 0.3) is 0 Å². The predicted octanol–water partition coefficient (Wildman–Crippen LogP) is 5.43. The van der Waals surface area contributed by atoms with Crippen LogP contribution in [0.3, 0.4) is 0 Å². The first-order chi connectivity index (χ1) is 11.0. The van der Waals surface area contributed by atoms with Gasteiger partial charge in [-0.15, -0.1) is 0 Å². The molecule has 4 nitrogen and oxygen atoms in total. The maximum absolute atomic E-state index is 11.5. The summed E-state index contributed by atoms with van der Waals surface area (Å²) in [6.07, 6.45) is 12.9. The zero-order valence-electron chi connectivity index (χ0n) is 14.8. The molecule has 132 valence electrons. The van der Waals surface area contributed by atoms with Gasteiger partial charge in [0.15, 0.2) is 0 Å². The molecule has 0 saturated carbocycles. The van der Waals surface area contributed by atoms with E-state index in [0.29, 0.717) is 12.0 Å². The van der Waals surface area contributed by atoms with Crippen LogP contribution in [0, 0.1) is 0 Å². The van der Waals surface area contributed by atoms with E-state index >= 15 is 0 Å². The molecule has 0 aliphatic rings. The highest BCUT2D eigenvalue weighted by atomic mass is 17.2. The van der Waals surface area contributed by atoms with E-state index < -0.39 is 11.9 Å². The third kappa shape index (κ3) is 12.6. The third-order valence-corrected chi connectivity index (χ3v) is 3.66. The largest absolute Gasteiger partial charge is 0.381 e. The molecule has 0 fully saturated rings. The molecule has 0 atom stereocenters. The maximum atomic E-state index is 11.5. The van der Waals surface area contributed by atoms with E-state index in [9.17, 15) is 9.59 Å². The van der Waals surface area contributed by atoms with E-state index in [2.05, 4.69) is 29.9 Å². The van der Waals surface area contributed by atoms with Crippen molar-refractivity contribution in [3.8, 4) is 0 Å². The van der Waals surface area contributed by atoms with E-state index in [1.807, 2.05) is 0 Å². The molecule has 0 bridgehead atoms. The highest BCUT2D eigenvalue weighted by Gasteiger charge is 2.13. The van der Waals surface area contributed by atoms with E-state index in [-0.39, 0.29) is 5.57 Å². The summed E-state index contributed by atoms with van der Waals surface area (Å²) in [5, 5.41) is 0. The summed E-state index contributed by atoms with van der Waals surface area (Å²) in [5.74, 6) is -1.43. The molecule has 0 radical (unpaired) electrons. The molecule has 0 N–H and O–H groups in total. The Morgan fingerprint density at radius 3 is 1.65 bits per heavy atom. The van der Waals surface area contributed by atoms with Crippen molar-refractivity contribution in [2.75, 3.05) is 0 Å². The van der Waals surface area contributed by atoms with Gasteiger partial charge in [-0.2, -0.15) is 0 Å². The predicted molar refractivity (Wildman–Crippen MR) is 92.6 cm³/mol. The summed E-state index contributed by atoms with van der Waals surface area (Å²) in [5.41, 5.74) is 0.511. The van der Waals surface area contributed by atoms with Gasteiger partial charge in [0.2, 0.25) is 0 Å². The van der Waals surface area contributed by atoms with Gasteiger partial charge >= 0.3 is 11.9 Å². The third-order valence-electron chi connectivity index (χ3n) is 3.66. The van der Waals surface area contributed by atoms with Crippen molar-refractivity contribution in [2.24, 2.45) is 0 Å². The van der Waals surface area contributed by atoms with Crippen molar-refractivity contribution in [1.82, 2.24) is 0 Å². The molecular formula is C19H32O4. The number of hydrogen-bond donors (Lipinski definition) is 0. The standard InChI is InChI=1S/C19H32O4/c1-5-6-7-8-9-10-11-12-13-14-15-17(4)19(21)23-22-18(20)16(2)3/h2,4-15H2,1,3H3. The van der Waals surface area contributed by atoms with Crippen LogP contribution in [-0.2, 0) is 19.4 Å². The van der Waals surface area contributed by atoms with Crippen LogP contribution in [0.25, 0.3) is 0 Å². The Bertz CT molecular complexity index is 385. The second kappa shape index (κ2) is 14.0. The fourth-order valence-corrected chi connectivity index (χ4v) is 2.13. The van der Waals surface area contributed by atoms with Gasteiger partial charge in [0.1, 0.15) is 0 Å². The normalized spacial score (nSPS) is 10.2. The van der Waals surface area contributed by atoms with E-state index in [4.69, 9.17) is 0 Å². The molecule has 0 spiro atoms. The van der Waals surface area contributed by atoms with Crippen LogP contribution in [0.2, 0.25) is 0 Å². The number of carbonyl (C=O) groups excluding carboxylic acids is 2. The summed E-state index contributed by atoms with van der Waals surface area (Å²) in [7, 11) is 0.